The van der Waals surface area contributed by atoms with Crippen LogP contribution in [0.4, 0.5) is 23.0 Å². The second-order valence-corrected chi connectivity index (χ2v) is 13.2. The summed E-state index contributed by atoms with van der Waals surface area (Å²) in [5.41, 5.74) is 12.5. The second-order valence-electron chi connectivity index (χ2n) is 11.7. The molecule has 0 amide bonds. The molecule has 2 aromatic carbocycles. The molecule has 6 aromatic rings. The Morgan fingerprint density at radius 3 is 1.39 bits per heavy atom. The number of para-hydroxylation sites is 2. The first-order valence-electron chi connectivity index (χ1n) is 16.1. The number of hydrogen-bond donors (Lipinski definition) is 4. The molecule has 2 aliphatic carbocycles. The number of hydrogen-bond acceptors (Lipinski definition) is 6. The molecular weight excluding hydrogens is 605 g/mol. The van der Waals surface area contributed by atoms with Gasteiger partial charge in [-0.1, -0.05) is 48.6 Å². The fraction of sp³-hybridized carbons (Fsp3) is 0.211. The molecule has 8 heteroatoms. The quantitative estimate of drug-likeness (QED) is 0.133. The van der Waals surface area contributed by atoms with Crippen molar-refractivity contribution in [3.05, 3.63) is 118 Å². The van der Waals surface area contributed by atoms with Crippen molar-refractivity contribution in [3.8, 4) is 22.5 Å². The Morgan fingerprint density at radius 2 is 0.978 bits per heavy atom. The second kappa shape index (κ2) is 14.6. The van der Waals surface area contributed by atoms with E-state index in [1.54, 1.807) is 22.7 Å². The summed E-state index contributed by atoms with van der Waals surface area (Å²) in [5.74, 6) is 1.70. The van der Waals surface area contributed by atoms with Gasteiger partial charge in [0.15, 0.2) is 11.6 Å². The summed E-state index contributed by atoms with van der Waals surface area (Å²) in [7, 11) is 0. The molecule has 2 aliphatic rings. The summed E-state index contributed by atoms with van der Waals surface area (Å²) in [5, 5.41) is 30.8. The smallest absolute Gasteiger partial charge is 0.152 e. The van der Waals surface area contributed by atoms with E-state index in [9.17, 15) is 0 Å². The number of nitrogens with zero attached hydrogens (tertiary/aromatic N) is 2. The highest BCUT2D eigenvalue weighted by atomic mass is 32.1. The lowest BCUT2D eigenvalue weighted by Crippen LogP contribution is -1.92. The molecule has 234 valence electrons. The van der Waals surface area contributed by atoms with Gasteiger partial charge in [-0.3, -0.25) is 10.2 Å². The third-order valence-electron chi connectivity index (χ3n) is 8.43. The number of nitrogens with one attached hydrogen (secondary N) is 4. The minimum atomic E-state index is 0. The normalized spacial score (nSPS) is 14.5. The van der Waals surface area contributed by atoms with Gasteiger partial charge in [-0.05, 0) is 109 Å². The maximum atomic E-state index is 4.40. The molecule has 0 radical (unpaired) electrons. The SMILES string of the molecule is C1=C(c2cscc2-c2cc(Nc3ccccc3)n[nH]2)CCCC1.C1=C(c2cscc2-c2cc(Nc3ccccc3)n[nH]2)CCCC1.[HH]. The van der Waals surface area contributed by atoms with Gasteiger partial charge >= 0.3 is 0 Å². The summed E-state index contributed by atoms with van der Waals surface area (Å²) in [4.78, 5) is 0. The van der Waals surface area contributed by atoms with E-state index in [1.807, 2.05) is 60.7 Å². The van der Waals surface area contributed by atoms with E-state index in [2.05, 4.69) is 76.8 Å². The zero-order chi connectivity index (χ0) is 31.0. The number of aromatic amines is 2. The maximum Gasteiger partial charge on any atom is 0.152 e. The lowest BCUT2D eigenvalue weighted by atomic mass is 9.92. The van der Waals surface area contributed by atoms with Crippen LogP contribution in [-0.2, 0) is 0 Å². The first-order valence-corrected chi connectivity index (χ1v) is 18.0. The molecular formula is C38H40N6S2. The molecule has 0 atom stereocenters. The molecule has 0 spiro atoms. The minimum absolute atomic E-state index is 0. The van der Waals surface area contributed by atoms with Crippen molar-refractivity contribution in [2.24, 2.45) is 0 Å². The molecule has 0 saturated heterocycles. The summed E-state index contributed by atoms with van der Waals surface area (Å²) in [6.07, 6.45) is 14.8. The first kappa shape index (κ1) is 30.0. The molecule has 8 rings (SSSR count). The van der Waals surface area contributed by atoms with Crippen LogP contribution in [0.3, 0.4) is 0 Å². The van der Waals surface area contributed by atoms with Gasteiger partial charge in [0, 0.05) is 46.8 Å². The zero-order valence-corrected chi connectivity index (χ0v) is 27.4. The number of benzene rings is 2. The Balaban J connectivity index is 0.000000161. The minimum Gasteiger partial charge on any atom is -0.339 e. The Labute approximate surface area is 279 Å². The van der Waals surface area contributed by atoms with E-state index in [-0.39, 0.29) is 1.43 Å². The Hall–Kier alpha value is -4.66. The molecule has 4 N–H and O–H groups in total. The number of aromatic nitrogens is 4. The van der Waals surface area contributed by atoms with Crippen LogP contribution in [0.1, 0.15) is 63.9 Å². The summed E-state index contributed by atoms with van der Waals surface area (Å²) in [6.45, 7) is 0. The highest BCUT2D eigenvalue weighted by Gasteiger charge is 2.16. The van der Waals surface area contributed by atoms with Gasteiger partial charge in [-0.25, -0.2) is 0 Å². The van der Waals surface area contributed by atoms with Crippen LogP contribution < -0.4 is 10.6 Å². The van der Waals surface area contributed by atoms with Crippen LogP contribution in [0, 0.1) is 0 Å². The molecule has 4 heterocycles. The lowest BCUT2D eigenvalue weighted by Gasteiger charge is -2.12. The number of rotatable bonds is 8. The average Bonchev–Trinajstić information content (AvgIpc) is 3.94. The van der Waals surface area contributed by atoms with Crippen molar-refractivity contribution < 1.29 is 1.43 Å². The molecule has 6 nitrogen and oxygen atoms in total. The highest BCUT2D eigenvalue weighted by Crippen LogP contribution is 2.38. The molecule has 0 bridgehead atoms. The van der Waals surface area contributed by atoms with E-state index in [0.717, 1.165) is 34.4 Å². The van der Waals surface area contributed by atoms with Gasteiger partial charge in [0.05, 0.1) is 11.4 Å². The van der Waals surface area contributed by atoms with Crippen LogP contribution >= 0.6 is 22.7 Å². The van der Waals surface area contributed by atoms with Gasteiger partial charge < -0.3 is 10.6 Å². The number of thiophene rings is 2. The van der Waals surface area contributed by atoms with Crippen molar-refractivity contribution in [1.29, 1.82) is 0 Å². The summed E-state index contributed by atoms with van der Waals surface area (Å²) in [6, 6.07) is 24.4. The van der Waals surface area contributed by atoms with Crippen LogP contribution in [-0.4, -0.2) is 20.4 Å². The molecule has 4 aromatic heterocycles. The number of H-pyrrole nitrogens is 2. The van der Waals surface area contributed by atoms with Crippen molar-refractivity contribution in [2.75, 3.05) is 10.6 Å². The van der Waals surface area contributed by atoms with Gasteiger partial charge in [-0.15, -0.1) is 0 Å². The zero-order valence-electron chi connectivity index (χ0n) is 25.8. The van der Waals surface area contributed by atoms with E-state index in [1.165, 1.54) is 84.8 Å². The van der Waals surface area contributed by atoms with E-state index in [4.69, 9.17) is 0 Å². The van der Waals surface area contributed by atoms with E-state index < -0.39 is 0 Å². The van der Waals surface area contributed by atoms with Crippen molar-refractivity contribution in [1.82, 2.24) is 20.4 Å². The van der Waals surface area contributed by atoms with Crippen LogP contribution in [0.25, 0.3) is 33.7 Å². The molecule has 0 fully saturated rings. The number of allylic oxidation sites excluding steroid dienone is 4. The third-order valence-corrected chi connectivity index (χ3v) is 9.91. The number of anilines is 4. The van der Waals surface area contributed by atoms with Crippen molar-refractivity contribution >= 4 is 56.8 Å². The lowest BCUT2D eigenvalue weighted by molar-refractivity contribution is 0.742. The standard InChI is InChI=1S/2C19H19N3S.H2/c2*1-3-7-14(8-4-1)16-12-23-13-17(16)18-11-19(22-21-18)20-15-9-5-2-6-10-15;/h2*2,5-7,9-13H,1,3-4,8H2,(H2,20,21,22);1H. The largest absolute Gasteiger partial charge is 0.339 e. The monoisotopic (exact) mass is 644 g/mol. The first-order chi connectivity index (χ1) is 22.8. The third kappa shape index (κ3) is 7.25. The highest BCUT2D eigenvalue weighted by molar-refractivity contribution is 7.08. The van der Waals surface area contributed by atoms with Crippen LogP contribution in [0.15, 0.2) is 106 Å². The molecule has 0 aliphatic heterocycles. The van der Waals surface area contributed by atoms with Gasteiger partial charge in [0.1, 0.15) is 0 Å². The van der Waals surface area contributed by atoms with Gasteiger partial charge in [0.25, 0.3) is 0 Å². The van der Waals surface area contributed by atoms with E-state index in [0.29, 0.717) is 0 Å². The van der Waals surface area contributed by atoms with Crippen molar-refractivity contribution in [3.63, 3.8) is 0 Å². The van der Waals surface area contributed by atoms with Gasteiger partial charge in [-0.2, -0.15) is 32.9 Å². The summed E-state index contributed by atoms with van der Waals surface area (Å²) >= 11 is 3.52. The predicted octanol–water partition coefficient (Wildman–Crippen LogP) is 11.9. The molecule has 0 unspecified atom stereocenters. The topological polar surface area (TPSA) is 81.4 Å². The van der Waals surface area contributed by atoms with Crippen molar-refractivity contribution in [2.45, 2.75) is 51.4 Å². The van der Waals surface area contributed by atoms with E-state index >= 15 is 0 Å². The Morgan fingerprint density at radius 1 is 0.543 bits per heavy atom. The maximum absolute atomic E-state index is 4.40. The fourth-order valence-electron chi connectivity index (χ4n) is 6.06. The Kier molecular flexibility index (Phi) is 9.54. The predicted molar refractivity (Wildman–Crippen MR) is 198 cm³/mol. The summed E-state index contributed by atoms with van der Waals surface area (Å²) < 4.78 is 0. The molecule has 0 saturated carbocycles. The fourth-order valence-corrected chi connectivity index (χ4v) is 7.81. The van der Waals surface area contributed by atoms with Gasteiger partial charge in [0.2, 0.25) is 0 Å². The van der Waals surface area contributed by atoms with Crippen LogP contribution in [0.2, 0.25) is 0 Å². The van der Waals surface area contributed by atoms with Crippen LogP contribution in [0.5, 0.6) is 0 Å². The average molecular weight is 645 g/mol. The molecule has 46 heavy (non-hydrogen) atoms. The Bertz CT molecular complexity index is 1780.